The molecule has 0 radical (unpaired) electrons. The van der Waals surface area contributed by atoms with E-state index in [0.717, 1.165) is 35.4 Å². The van der Waals surface area contributed by atoms with Crippen LogP contribution in [0.3, 0.4) is 0 Å². The van der Waals surface area contributed by atoms with E-state index in [0.29, 0.717) is 6.42 Å². The molecule has 2 aliphatic rings. The zero-order valence-electron chi connectivity index (χ0n) is 13.3. The molecular weight excluding hydrogens is 278 g/mol. The predicted molar refractivity (Wildman–Crippen MR) is 85.1 cm³/mol. The molecule has 1 unspecified atom stereocenters. The summed E-state index contributed by atoms with van der Waals surface area (Å²) < 4.78 is 5.17. The first-order valence-corrected chi connectivity index (χ1v) is 7.61. The van der Waals surface area contributed by atoms with Gasteiger partial charge >= 0.3 is 0 Å². The molecule has 1 aliphatic heterocycles. The molecule has 116 valence electrons. The van der Waals surface area contributed by atoms with E-state index < -0.39 is 5.60 Å². The van der Waals surface area contributed by atoms with Gasteiger partial charge in [0.1, 0.15) is 11.4 Å². The molecule has 0 saturated heterocycles. The largest absolute Gasteiger partial charge is 0.497 e. The van der Waals surface area contributed by atoms with E-state index in [9.17, 15) is 4.79 Å². The summed E-state index contributed by atoms with van der Waals surface area (Å²) in [5.74, 6) is 1.23. The Bertz CT molecular complexity index is 645. The van der Waals surface area contributed by atoms with Gasteiger partial charge in [-0.2, -0.15) is 0 Å². The first-order valence-electron chi connectivity index (χ1n) is 7.61. The summed E-state index contributed by atoms with van der Waals surface area (Å²) in [5.41, 5.74) is 2.44. The van der Waals surface area contributed by atoms with Gasteiger partial charge in [0.05, 0.1) is 12.8 Å². The van der Waals surface area contributed by atoms with E-state index in [1.165, 1.54) is 0 Å². The Morgan fingerprint density at radius 2 is 2.05 bits per heavy atom. The standard InChI is InChI=1S/C18H21NO3/c1-12-4-7-14(10-17(12)20)18(2)11-16(19-22-18)13-5-8-15(21-3)9-6-13/h4-6,8-9,14H,7,10-11H2,1-3H3/t14-,18?/m1/s1. The lowest BCUT2D eigenvalue weighted by atomic mass is 9.75. The summed E-state index contributed by atoms with van der Waals surface area (Å²) in [7, 11) is 1.65. The van der Waals surface area contributed by atoms with Crippen molar-refractivity contribution in [3.05, 3.63) is 41.5 Å². The number of carbonyl (C=O) groups is 1. The fraction of sp³-hybridized carbons (Fsp3) is 0.444. The number of hydrogen-bond acceptors (Lipinski definition) is 4. The van der Waals surface area contributed by atoms with Gasteiger partial charge in [0.25, 0.3) is 0 Å². The molecule has 0 fully saturated rings. The fourth-order valence-corrected chi connectivity index (χ4v) is 3.08. The Morgan fingerprint density at radius 1 is 1.32 bits per heavy atom. The topological polar surface area (TPSA) is 47.9 Å². The highest BCUT2D eigenvalue weighted by Gasteiger charge is 2.43. The van der Waals surface area contributed by atoms with Gasteiger partial charge in [0.15, 0.2) is 5.78 Å². The highest BCUT2D eigenvalue weighted by Crippen LogP contribution is 2.39. The molecule has 0 amide bonds. The van der Waals surface area contributed by atoms with Gasteiger partial charge in [0.2, 0.25) is 0 Å². The second kappa shape index (κ2) is 5.59. The number of benzene rings is 1. The molecule has 1 aromatic rings. The lowest BCUT2D eigenvalue weighted by Crippen LogP contribution is -2.37. The quantitative estimate of drug-likeness (QED) is 0.858. The van der Waals surface area contributed by atoms with E-state index in [1.807, 2.05) is 37.3 Å². The summed E-state index contributed by atoms with van der Waals surface area (Å²) in [6, 6.07) is 7.82. The van der Waals surface area contributed by atoms with Crippen molar-refractivity contribution in [1.82, 2.24) is 0 Å². The second-order valence-electron chi connectivity index (χ2n) is 6.29. The Morgan fingerprint density at radius 3 is 2.68 bits per heavy atom. The third-order valence-corrected chi connectivity index (χ3v) is 4.75. The summed E-state index contributed by atoms with van der Waals surface area (Å²) in [4.78, 5) is 17.7. The minimum atomic E-state index is -0.401. The lowest BCUT2D eigenvalue weighted by molar-refractivity contribution is -0.121. The van der Waals surface area contributed by atoms with Gasteiger partial charge in [-0.25, -0.2) is 0 Å². The molecule has 4 nitrogen and oxygen atoms in total. The molecule has 22 heavy (non-hydrogen) atoms. The first kappa shape index (κ1) is 14.8. The van der Waals surface area contributed by atoms with E-state index in [1.54, 1.807) is 7.11 Å². The number of nitrogens with zero attached hydrogens (tertiary/aromatic N) is 1. The number of oxime groups is 1. The van der Waals surface area contributed by atoms with Crippen molar-refractivity contribution in [2.75, 3.05) is 7.11 Å². The van der Waals surface area contributed by atoms with Crippen LogP contribution in [0.1, 0.15) is 38.7 Å². The molecule has 2 atom stereocenters. The van der Waals surface area contributed by atoms with Crippen LogP contribution in [0.5, 0.6) is 5.75 Å². The van der Waals surface area contributed by atoms with Crippen molar-refractivity contribution < 1.29 is 14.4 Å². The maximum absolute atomic E-state index is 12.0. The minimum absolute atomic E-state index is 0.184. The molecule has 1 aromatic carbocycles. The smallest absolute Gasteiger partial charge is 0.158 e. The first-order chi connectivity index (χ1) is 10.5. The molecular formula is C18H21NO3. The second-order valence-corrected chi connectivity index (χ2v) is 6.29. The van der Waals surface area contributed by atoms with E-state index in [-0.39, 0.29) is 11.7 Å². The number of ether oxygens (including phenoxy) is 1. The van der Waals surface area contributed by atoms with Gasteiger partial charge in [-0.1, -0.05) is 11.2 Å². The summed E-state index contributed by atoms with van der Waals surface area (Å²) in [6.45, 7) is 3.94. The lowest BCUT2D eigenvalue weighted by Gasteiger charge is -2.32. The third-order valence-electron chi connectivity index (χ3n) is 4.75. The molecule has 1 heterocycles. The van der Waals surface area contributed by atoms with E-state index in [2.05, 4.69) is 12.1 Å². The van der Waals surface area contributed by atoms with Crippen LogP contribution in [0.4, 0.5) is 0 Å². The minimum Gasteiger partial charge on any atom is -0.497 e. The highest BCUT2D eigenvalue weighted by atomic mass is 16.7. The fourth-order valence-electron chi connectivity index (χ4n) is 3.08. The van der Waals surface area contributed by atoms with Crippen molar-refractivity contribution in [3.63, 3.8) is 0 Å². The monoisotopic (exact) mass is 299 g/mol. The van der Waals surface area contributed by atoms with Crippen LogP contribution in [-0.4, -0.2) is 24.2 Å². The molecule has 4 heteroatoms. The predicted octanol–water partition coefficient (Wildman–Crippen LogP) is 3.50. The Balaban J connectivity index is 1.73. The average Bonchev–Trinajstić information content (AvgIpc) is 2.94. The number of Topliss-reactive ketones (excluding diaryl/α,β-unsaturated/α-hetero) is 1. The van der Waals surface area contributed by atoms with Crippen LogP contribution in [0.15, 0.2) is 41.1 Å². The van der Waals surface area contributed by atoms with Gasteiger partial charge in [-0.3, -0.25) is 4.79 Å². The van der Waals surface area contributed by atoms with Crippen LogP contribution in [0, 0.1) is 5.92 Å². The van der Waals surface area contributed by atoms with Crippen LogP contribution in [0.2, 0.25) is 0 Å². The van der Waals surface area contributed by atoms with Crippen LogP contribution in [0.25, 0.3) is 0 Å². The van der Waals surface area contributed by atoms with Crippen LogP contribution in [-0.2, 0) is 9.63 Å². The van der Waals surface area contributed by atoms with Gasteiger partial charge in [0, 0.05) is 18.8 Å². The van der Waals surface area contributed by atoms with Crippen molar-refractivity contribution in [1.29, 1.82) is 0 Å². The average molecular weight is 299 g/mol. The normalized spacial score (nSPS) is 28.0. The van der Waals surface area contributed by atoms with Gasteiger partial charge < -0.3 is 9.57 Å². The summed E-state index contributed by atoms with van der Waals surface area (Å²) >= 11 is 0. The molecule has 0 saturated carbocycles. The SMILES string of the molecule is COc1ccc(C2=NOC(C)([C@@H]3CC=C(C)C(=O)C3)C2)cc1. The van der Waals surface area contributed by atoms with Crippen molar-refractivity contribution in [2.24, 2.45) is 11.1 Å². The van der Waals surface area contributed by atoms with E-state index >= 15 is 0 Å². The zero-order valence-corrected chi connectivity index (χ0v) is 13.3. The van der Waals surface area contributed by atoms with Gasteiger partial charge in [-0.15, -0.1) is 0 Å². The van der Waals surface area contributed by atoms with Crippen LogP contribution < -0.4 is 4.74 Å². The highest BCUT2D eigenvalue weighted by molar-refractivity contribution is 6.02. The molecule has 0 N–H and O–H groups in total. The molecule has 0 aromatic heterocycles. The van der Waals surface area contributed by atoms with Crippen LogP contribution >= 0.6 is 0 Å². The van der Waals surface area contributed by atoms with E-state index in [4.69, 9.17) is 9.57 Å². The summed E-state index contributed by atoms with van der Waals surface area (Å²) in [6.07, 6.45) is 4.17. The number of ketones is 1. The maximum atomic E-state index is 12.0. The van der Waals surface area contributed by atoms with Crippen molar-refractivity contribution >= 4 is 11.5 Å². The Kier molecular flexibility index (Phi) is 3.77. The molecule has 3 rings (SSSR count). The van der Waals surface area contributed by atoms with Crippen molar-refractivity contribution in [3.8, 4) is 5.75 Å². The molecule has 0 bridgehead atoms. The van der Waals surface area contributed by atoms with Crippen molar-refractivity contribution in [2.45, 2.75) is 38.7 Å². The number of hydrogen-bond donors (Lipinski definition) is 0. The van der Waals surface area contributed by atoms with Gasteiger partial charge in [-0.05, 0) is 55.7 Å². The Labute approximate surface area is 130 Å². The number of carbonyl (C=O) groups excluding carboxylic acids is 1. The zero-order chi connectivity index (χ0) is 15.7. The Hall–Kier alpha value is -2.10. The molecule has 1 aliphatic carbocycles. The summed E-state index contributed by atoms with van der Waals surface area (Å²) in [5, 5.41) is 4.28. The third kappa shape index (κ3) is 2.65. The number of allylic oxidation sites excluding steroid dienone is 2. The maximum Gasteiger partial charge on any atom is 0.158 e. The number of methoxy groups -OCH3 is 1. The molecule has 0 spiro atoms. The number of rotatable bonds is 3.